The molecule has 1 aliphatic carbocycles. The first-order chi connectivity index (χ1) is 5.11. The predicted molar refractivity (Wildman–Crippen MR) is 46.4 cm³/mol. The largest absolute Gasteiger partial charge is 0.299 e. The number of rotatable bonds is 2. The molecule has 64 valence electrons. The highest BCUT2D eigenvalue weighted by atomic mass is 16.1. The molecule has 2 atom stereocenters. The minimum absolute atomic E-state index is 0.384. The lowest BCUT2D eigenvalue weighted by molar-refractivity contribution is -0.121. The van der Waals surface area contributed by atoms with E-state index in [0.29, 0.717) is 23.5 Å². The third-order valence-corrected chi connectivity index (χ3v) is 2.67. The van der Waals surface area contributed by atoms with Crippen LogP contribution in [0.15, 0.2) is 0 Å². The van der Waals surface area contributed by atoms with Gasteiger partial charge in [0.1, 0.15) is 5.78 Å². The Labute approximate surface area is 69.2 Å². The van der Waals surface area contributed by atoms with Crippen LogP contribution in [-0.4, -0.2) is 5.78 Å². The first-order valence-corrected chi connectivity index (χ1v) is 4.64. The summed E-state index contributed by atoms with van der Waals surface area (Å²) >= 11 is 0. The molecule has 1 rings (SSSR count). The first kappa shape index (κ1) is 8.76. The van der Waals surface area contributed by atoms with Gasteiger partial charge in [0.2, 0.25) is 0 Å². The minimum atomic E-state index is 0.384. The molecule has 1 saturated carbocycles. The topological polar surface area (TPSA) is 17.1 Å². The van der Waals surface area contributed by atoms with Crippen LogP contribution in [0.1, 0.15) is 40.0 Å². The molecule has 1 fully saturated rings. The van der Waals surface area contributed by atoms with Gasteiger partial charge in [0.25, 0.3) is 0 Å². The van der Waals surface area contributed by atoms with E-state index in [0.717, 1.165) is 19.3 Å². The van der Waals surface area contributed by atoms with Crippen molar-refractivity contribution in [2.75, 3.05) is 0 Å². The lowest BCUT2D eigenvalue weighted by Gasteiger charge is -2.15. The van der Waals surface area contributed by atoms with Crippen LogP contribution in [0, 0.1) is 17.8 Å². The number of carbonyl (C=O) groups excluding carboxylic acids is 1. The third-order valence-electron chi connectivity index (χ3n) is 2.67. The van der Waals surface area contributed by atoms with Gasteiger partial charge in [-0.15, -0.1) is 0 Å². The summed E-state index contributed by atoms with van der Waals surface area (Å²) in [5.74, 6) is 2.20. The van der Waals surface area contributed by atoms with Gasteiger partial charge in [0.15, 0.2) is 0 Å². The van der Waals surface area contributed by atoms with Crippen LogP contribution >= 0.6 is 0 Å². The van der Waals surface area contributed by atoms with Crippen LogP contribution in [0.2, 0.25) is 0 Å². The average molecular weight is 154 g/mol. The van der Waals surface area contributed by atoms with Crippen molar-refractivity contribution >= 4 is 5.78 Å². The molecular formula is C10H18O. The Morgan fingerprint density at radius 1 is 1.55 bits per heavy atom. The second-order valence-electron chi connectivity index (χ2n) is 4.22. The zero-order valence-electron chi connectivity index (χ0n) is 7.76. The number of ketones is 1. The molecular weight excluding hydrogens is 136 g/mol. The quantitative estimate of drug-likeness (QED) is 0.597. The monoisotopic (exact) mass is 154 g/mol. The molecule has 0 unspecified atom stereocenters. The van der Waals surface area contributed by atoms with Crippen molar-refractivity contribution in [2.45, 2.75) is 40.0 Å². The lowest BCUT2D eigenvalue weighted by Crippen LogP contribution is -2.14. The average Bonchev–Trinajstić information content (AvgIpc) is 2.18. The van der Waals surface area contributed by atoms with Gasteiger partial charge in [-0.05, 0) is 24.7 Å². The Bertz CT molecular complexity index is 149. The molecule has 1 heteroatoms. The van der Waals surface area contributed by atoms with Crippen LogP contribution in [0.25, 0.3) is 0 Å². The highest BCUT2D eigenvalue weighted by molar-refractivity contribution is 5.83. The van der Waals surface area contributed by atoms with Crippen molar-refractivity contribution in [2.24, 2.45) is 17.8 Å². The zero-order chi connectivity index (χ0) is 8.43. The van der Waals surface area contributed by atoms with Gasteiger partial charge in [0, 0.05) is 12.3 Å². The van der Waals surface area contributed by atoms with E-state index in [4.69, 9.17) is 0 Å². The molecule has 0 aliphatic heterocycles. The van der Waals surface area contributed by atoms with Crippen molar-refractivity contribution in [3.63, 3.8) is 0 Å². The second-order valence-corrected chi connectivity index (χ2v) is 4.22. The second kappa shape index (κ2) is 3.38. The van der Waals surface area contributed by atoms with E-state index in [1.54, 1.807) is 0 Å². The third kappa shape index (κ3) is 2.05. The standard InChI is InChI=1S/C10H18O/c1-7(2)6-9-8(3)4-5-10(9)11/h7-9H,4-6H2,1-3H3/t8-,9+/m0/s1. The van der Waals surface area contributed by atoms with Crippen LogP contribution in [0.4, 0.5) is 0 Å². The van der Waals surface area contributed by atoms with Gasteiger partial charge in [-0.1, -0.05) is 20.8 Å². The van der Waals surface area contributed by atoms with Gasteiger partial charge in [-0.2, -0.15) is 0 Å². The maximum Gasteiger partial charge on any atom is 0.136 e. The van der Waals surface area contributed by atoms with Crippen LogP contribution in [0.3, 0.4) is 0 Å². The maximum absolute atomic E-state index is 11.3. The summed E-state index contributed by atoms with van der Waals surface area (Å²) in [5.41, 5.74) is 0. The molecule has 1 aliphatic rings. The molecule has 1 nitrogen and oxygen atoms in total. The Hall–Kier alpha value is -0.330. The van der Waals surface area contributed by atoms with Gasteiger partial charge >= 0.3 is 0 Å². The fourth-order valence-corrected chi connectivity index (χ4v) is 1.95. The Kier molecular flexibility index (Phi) is 2.69. The number of hydrogen-bond donors (Lipinski definition) is 0. The molecule has 0 N–H and O–H groups in total. The van der Waals surface area contributed by atoms with Crippen molar-refractivity contribution < 1.29 is 4.79 Å². The number of hydrogen-bond acceptors (Lipinski definition) is 1. The first-order valence-electron chi connectivity index (χ1n) is 4.64. The molecule has 0 bridgehead atoms. The molecule has 0 amide bonds. The fourth-order valence-electron chi connectivity index (χ4n) is 1.95. The van der Waals surface area contributed by atoms with E-state index >= 15 is 0 Å². The summed E-state index contributed by atoms with van der Waals surface area (Å²) in [6.07, 6.45) is 3.05. The molecule has 11 heavy (non-hydrogen) atoms. The van der Waals surface area contributed by atoms with Gasteiger partial charge < -0.3 is 0 Å². The molecule has 0 heterocycles. The zero-order valence-corrected chi connectivity index (χ0v) is 7.76. The SMILES string of the molecule is CC(C)C[C@H]1C(=O)CC[C@@H]1C. The normalized spacial score (nSPS) is 31.8. The Balaban J connectivity index is 2.48. The fraction of sp³-hybridized carbons (Fsp3) is 0.900. The molecule has 0 aromatic heterocycles. The minimum Gasteiger partial charge on any atom is -0.299 e. The maximum atomic E-state index is 11.3. The molecule has 0 aromatic rings. The van der Waals surface area contributed by atoms with Gasteiger partial charge in [-0.3, -0.25) is 4.79 Å². The van der Waals surface area contributed by atoms with Crippen molar-refractivity contribution in [3.05, 3.63) is 0 Å². The van der Waals surface area contributed by atoms with E-state index < -0.39 is 0 Å². The summed E-state index contributed by atoms with van der Waals surface area (Å²) in [6, 6.07) is 0. The molecule has 0 saturated heterocycles. The summed E-state index contributed by atoms with van der Waals surface area (Å²) in [4.78, 5) is 11.3. The van der Waals surface area contributed by atoms with E-state index in [1.807, 2.05) is 0 Å². The van der Waals surface area contributed by atoms with Crippen molar-refractivity contribution in [1.82, 2.24) is 0 Å². The van der Waals surface area contributed by atoms with E-state index in [1.165, 1.54) is 0 Å². The molecule has 0 radical (unpaired) electrons. The smallest absolute Gasteiger partial charge is 0.136 e. The Morgan fingerprint density at radius 2 is 2.18 bits per heavy atom. The molecule has 0 aromatic carbocycles. The van der Waals surface area contributed by atoms with Gasteiger partial charge in [0.05, 0.1) is 0 Å². The van der Waals surface area contributed by atoms with E-state index in [-0.39, 0.29) is 0 Å². The summed E-state index contributed by atoms with van der Waals surface area (Å²) in [5, 5.41) is 0. The highest BCUT2D eigenvalue weighted by Crippen LogP contribution is 2.32. The van der Waals surface area contributed by atoms with E-state index in [9.17, 15) is 4.79 Å². The van der Waals surface area contributed by atoms with Crippen LogP contribution < -0.4 is 0 Å². The van der Waals surface area contributed by atoms with E-state index in [2.05, 4.69) is 20.8 Å². The van der Waals surface area contributed by atoms with Crippen molar-refractivity contribution in [3.8, 4) is 0 Å². The summed E-state index contributed by atoms with van der Waals surface area (Å²) in [7, 11) is 0. The highest BCUT2D eigenvalue weighted by Gasteiger charge is 2.31. The van der Waals surface area contributed by atoms with Gasteiger partial charge in [-0.25, -0.2) is 0 Å². The summed E-state index contributed by atoms with van der Waals surface area (Å²) in [6.45, 7) is 6.59. The van der Waals surface area contributed by atoms with Crippen molar-refractivity contribution in [1.29, 1.82) is 0 Å². The number of carbonyl (C=O) groups is 1. The predicted octanol–water partition coefficient (Wildman–Crippen LogP) is 2.65. The Morgan fingerprint density at radius 3 is 2.55 bits per heavy atom. The van der Waals surface area contributed by atoms with Crippen LogP contribution in [-0.2, 0) is 4.79 Å². The van der Waals surface area contributed by atoms with Crippen LogP contribution in [0.5, 0.6) is 0 Å². The lowest BCUT2D eigenvalue weighted by atomic mass is 9.89. The molecule has 0 spiro atoms. The number of Topliss-reactive ketones (excluding diaryl/α,β-unsaturated/α-hetero) is 1. The summed E-state index contributed by atoms with van der Waals surface area (Å²) < 4.78 is 0.